The van der Waals surface area contributed by atoms with Crippen LogP contribution >= 0.6 is 0 Å². The molecular formula is C13H24N2O. The molecule has 1 N–H and O–H groups in total. The summed E-state index contributed by atoms with van der Waals surface area (Å²) in [6.07, 6.45) is 8.38. The van der Waals surface area contributed by atoms with Gasteiger partial charge >= 0.3 is 0 Å². The molecule has 0 aliphatic carbocycles. The summed E-state index contributed by atoms with van der Waals surface area (Å²) in [7, 11) is 2.19. The Bertz CT molecular complexity index is 257. The van der Waals surface area contributed by atoms with Crippen LogP contribution in [0.1, 0.15) is 39.0 Å². The Morgan fingerprint density at radius 2 is 2.19 bits per heavy atom. The van der Waals surface area contributed by atoms with Crippen LogP contribution in [-0.4, -0.2) is 37.2 Å². The van der Waals surface area contributed by atoms with E-state index in [0.717, 1.165) is 32.6 Å². The second-order valence-corrected chi connectivity index (χ2v) is 5.11. The van der Waals surface area contributed by atoms with Crippen molar-refractivity contribution in [1.29, 1.82) is 0 Å². The maximum Gasteiger partial charge on any atom is 0.0974 e. The minimum absolute atomic E-state index is 0.297. The third-order valence-electron chi connectivity index (χ3n) is 3.69. The number of unbranched alkanes of at least 4 members (excludes halogenated alkanes) is 2. The lowest BCUT2D eigenvalue weighted by molar-refractivity contribution is 0.0482. The summed E-state index contributed by atoms with van der Waals surface area (Å²) in [6.45, 7) is 5.19. The highest BCUT2D eigenvalue weighted by Gasteiger charge is 2.39. The van der Waals surface area contributed by atoms with Gasteiger partial charge in [0.1, 0.15) is 0 Å². The molecule has 0 bridgehead atoms. The van der Waals surface area contributed by atoms with Crippen LogP contribution in [0.25, 0.3) is 0 Å². The number of nitrogens with one attached hydrogen (secondary N) is 1. The van der Waals surface area contributed by atoms with E-state index in [1.165, 1.54) is 25.1 Å². The Kier molecular flexibility index (Phi) is 3.74. The van der Waals surface area contributed by atoms with Crippen LogP contribution in [0.3, 0.4) is 0 Å². The van der Waals surface area contributed by atoms with E-state index < -0.39 is 0 Å². The molecule has 0 amide bonds. The quantitative estimate of drug-likeness (QED) is 0.743. The van der Waals surface area contributed by atoms with Crippen LogP contribution in [0.4, 0.5) is 0 Å². The second-order valence-electron chi connectivity index (χ2n) is 5.11. The predicted octanol–water partition coefficient (Wildman–Crippen LogP) is 2.10. The first-order chi connectivity index (χ1) is 7.76. The van der Waals surface area contributed by atoms with Crippen molar-refractivity contribution >= 4 is 0 Å². The maximum atomic E-state index is 5.45. The molecule has 16 heavy (non-hydrogen) atoms. The van der Waals surface area contributed by atoms with Crippen molar-refractivity contribution < 1.29 is 4.74 Å². The van der Waals surface area contributed by atoms with Gasteiger partial charge in [-0.3, -0.25) is 0 Å². The third-order valence-corrected chi connectivity index (χ3v) is 3.69. The summed E-state index contributed by atoms with van der Waals surface area (Å²) in [5.74, 6) is 1.33. The van der Waals surface area contributed by atoms with E-state index >= 15 is 0 Å². The van der Waals surface area contributed by atoms with Gasteiger partial charge in [-0.25, -0.2) is 0 Å². The average molecular weight is 224 g/mol. The summed E-state index contributed by atoms with van der Waals surface area (Å²) >= 11 is 0. The van der Waals surface area contributed by atoms with E-state index in [4.69, 9.17) is 4.74 Å². The molecule has 0 radical (unpaired) electrons. The van der Waals surface area contributed by atoms with Gasteiger partial charge in [-0.05, 0) is 31.8 Å². The highest BCUT2D eigenvalue weighted by atomic mass is 16.5. The van der Waals surface area contributed by atoms with Crippen molar-refractivity contribution in [2.45, 2.75) is 44.6 Å². The fourth-order valence-electron chi connectivity index (χ4n) is 2.64. The molecule has 1 spiro atoms. The van der Waals surface area contributed by atoms with Crippen molar-refractivity contribution in [3.63, 3.8) is 0 Å². The Hall–Kier alpha value is -0.700. The van der Waals surface area contributed by atoms with Gasteiger partial charge in [0.25, 0.3) is 0 Å². The van der Waals surface area contributed by atoms with Crippen LogP contribution in [0.15, 0.2) is 11.9 Å². The number of hydrogen-bond acceptors (Lipinski definition) is 3. The molecule has 2 aliphatic rings. The lowest BCUT2D eigenvalue weighted by atomic mass is 9.91. The van der Waals surface area contributed by atoms with Crippen molar-refractivity contribution in [2.75, 3.05) is 26.8 Å². The minimum atomic E-state index is 0.297. The topological polar surface area (TPSA) is 24.5 Å². The lowest BCUT2D eigenvalue weighted by Gasteiger charge is -2.32. The van der Waals surface area contributed by atoms with Crippen molar-refractivity contribution in [2.24, 2.45) is 0 Å². The number of rotatable bonds is 3. The van der Waals surface area contributed by atoms with Crippen LogP contribution in [-0.2, 0) is 4.74 Å². The molecule has 0 aromatic carbocycles. The fraction of sp³-hybridized carbons (Fsp3) is 0.846. The largest absolute Gasteiger partial charge is 0.381 e. The Morgan fingerprint density at radius 1 is 1.44 bits per heavy atom. The van der Waals surface area contributed by atoms with E-state index in [2.05, 4.69) is 30.3 Å². The Morgan fingerprint density at radius 3 is 2.88 bits per heavy atom. The standard InChI is InChI=1S/C13H24N2O/c1-3-4-5-6-12-14-13(11-15(12)2)7-9-16-10-8-13/h6,14H,3-5,7-11H2,1-2H3/b12-6-. The van der Waals surface area contributed by atoms with Gasteiger partial charge in [0.05, 0.1) is 11.4 Å². The van der Waals surface area contributed by atoms with Gasteiger partial charge < -0.3 is 15.0 Å². The molecule has 2 saturated heterocycles. The zero-order chi connectivity index (χ0) is 11.4. The molecule has 3 heteroatoms. The first-order valence-corrected chi connectivity index (χ1v) is 6.53. The van der Waals surface area contributed by atoms with Crippen molar-refractivity contribution in [3.05, 3.63) is 11.9 Å². The number of allylic oxidation sites excluding steroid dienone is 1. The average Bonchev–Trinajstić information content (AvgIpc) is 2.57. The van der Waals surface area contributed by atoms with E-state index in [1.807, 2.05) is 0 Å². The molecule has 0 atom stereocenters. The van der Waals surface area contributed by atoms with E-state index in [1.54, 1.807) is 0 Å². The lowest BCUT2D eigenvalue weighted by Crippen LogP contribution is -2.46. The monoisotopic (exact) mass is 224 g/mol. The zero-order valence-corrected chi connectivity index (χ0v) is 10.6. The number of ether oxygens (including phenoxy) is 1. The van der Waals surface area contributed by atoms with Gasteiger partial charge in [0, 0.05) is 26.8 Å². The molecule has 3 nitrogen and oxygen atoms in total. The summed E-state index contributed by atoms with van der Waals surface area (Å²) in [5, 5.41) is 3.72. The van der Waals surface area contributed by atoms with Gasteiger partial charge in [-0.15, -0.1) is 0 Å². The van der Waals surface area contributed by atoms with Crippen molar-refractivity contribution in [3.8, 4) is 0 Å². The van der Waals surface area contributed by atoms with Crippen LogP contribution in [0.2, 0.25) is 0 Å². The summed E-state index contributed by atoms with van der Waals surface area (Å²) in [6, 6.07) is 0. The van der Waals surface area contributed by atoms with Crippen molar-refractivity contribution in [1.82, 2.24) is 10.2 Å². The zero-order valence-electron chi connectivity index (χ0n) is 10.6. The summed E-state index contributed by atoms with van der Waals surface area (Å²) in [4.78, 5) is 2.36. The van der Waals surface area contributed by atoms with Crippen LogP contribution in [0, 0.1) is 0 Å². The number of hydrogen-bond donors (Lipinski definition) is 1. The SMILES string of the molecule is CCCC/C=C1/NC2(CCOCC2)CN1C. The summed E-state index contributed by atoms with van der Waals surface area (Å²) < 4.78 is 5.45. The highest BCUT2D eigenvalue weighted by Crippen LogP contribution is 2.29. The normalized spacial score (nSPS) is 26.4. The molecular weight excluding hydrogens is 200 g/mol. The van der Waals surface area contributed by atoms with E-state index in [9.17, 15) is 0 Å². The third kappa shape index (κ3) is 2.51. The van der Waals surface area contributed by atoms with E-state index in [0.29, 0.717) is 5.54 Å². The van der Waals surface area contributed by atoms with Gasteiger partial charge in [-0.2, -0.15) is 0 Å². The summed E-state index contributed by atoms with van der Waals surface area (Å²) in [5.41, 5.74) is 0.297. The molecule has 2 fully saturated rings. The molecule has 2 aliphatic heterocycles. The first kappa shape index (κ1) is 11.8. The number of nitrogens with zero attached hydrogens (tertiary/aromatic N) is 1. The van der Waals surface area contributed by atoms with E-state index in [-0.39, 0.29) is 0 Å². The Labute approximate surface area is 98.8 Å². The van der Waals surface area contributed by atoms with Gasteiger partial charge in [0.2, 0.25) is 0 Å². The van der Waals surface area contributed by atoms with Crippen LogP contribution < -0.4 is 5.32 Å². The molecule has 0 unspecified atom stereocenters. The van der Waals surface area contributed by atoms with Gasteiger partial charge in [-0.1, -0.05) is 13.3 Å². The highest BCUT2D eigenvalue weighted by molar-refractivity contribution is 5.13. The predicted molar refractivity (Wildman–Crippen MR) is 66.2 cm³/mol. The molecule has 0 aromatic heterocycles. The molecule has 2 heterocycles. The van der Waals surface area contributed by atoms with Gasteiger partial charge in [0.15, 0.2) is 0 Å². The smallest absolute Gasteiger partial charge is 0.0974 e. The number of likely N-dealkylation sites (N-methyl/N-ethyl adjacent to an activating group) is 1. The first-order valence-electron chi connectivity index (χ1n) is 6.53. The molecule has 0 saturated carbocycles. The second kappa shape index (κ2) is 5.09. The fourth-order valence-corrected chi connectivity index (χ4v) is 2.64. The molecule has 0 aromatic rings. The Balaban J connectivity index is 1.94. The van der Waals surface area contributed by atoms with Crippen LogP contribution in [0.5, 0.6) is 0 Å². The molecule has 92 valence electrons. The maximum absolute atomic E-state index is 5.45. The minimum Gasteiger partial charge on any atom is -0.381 e. The molecule has 2 rings (SSSR count).